The third-order valence-electron chi connectivity index (χ3n) is 2.20. The van der Waals surface area contributed by atoms with Crippen molar-refractivity contribution in [3.63, 3.8) is 0 Å². The Hall–Kier alpha value is -1.80. The van der Waals surface area contributed by atoms with Gasteiger partial charge in [-0.1, -0.05) is 12.1 Å². The third kappa shape index (κ3) is 2.04. The van der Waals surface area contributed by atoms with Gasteiger partial charge in [0.05, 0.1) is 5.56 Å². The molecule has 1 heterocycles. The van der Waals surface area contributed by atoms with Gasteiger partial charge < -0.3 is 0 Å². The highest BCUT2D eigenvalue weighted by molar-refractivity contribution is 7.89. The minimum absolute atomic E-state index is 0.104. The molecule has 2 aromatic rings. The highest BCUT2D eigenvalue weighted by Gasteiger charge is 2.20. The van der Waals surface area contributed by atoms with E-state index < -0.39 is 21.0 Å². The van der Waals surface area contributed by atoms with Crippen LogP contribution >= 0.6 is 0 Å². The lowest BCUT2D eigenvalue weighted by molar-refractivity contribution is 0.580. The second kappa shape index (κ2) is 3.90. The maximum absolute atomic E-state index is 13.5. The molecule has 8 heteroatoms. The first-order valence-electron chi connectivity index (χ1n) is 4.58. The van der Waals surface area contributed by atoms with Crippen LogP contribution in [0.1, 0.15) is 0 Å². The van der Waals surface area contributed by atoms with Crippen LogP contribution in [-0.4, -0.2) is 23.2 Å². The van der Waals surface area contributed by atoms with Crippen molar-refractivity contribution in [2.24, 2.45) is 12.2 Å². The molecule has 6 nitrogen and oxygen atoms in total. The number of primary sulfonamides is 1. The van der Waals surface area contributed by atoms with Crippen LogP contribution in [0.15, 0.2) is 29.4 Å². The maximum Gasteiger partial charge on any atom is 0.273 e. The lowest BCUT2D eigenvalue weighted by atomic mass is 10.2. The van der Waals surface area contributed by atoms with Crippen molar-refractivity contribution < 1.29 is 12.8 Å². The van der Waals surface area contributed by atoms with Crippen molar-refractivity contribution in [3.05, 3.63) is 30.1 Å². The number of nitrogens with zero attached hydrogens (tertiary/aromatic N) is 3. The molecule has 90 valence electrons. The van der Waals surface area contributed by atoms with Crippen molar-refractivity contribution in [1.82, 2.24) is 14.8 Å². The fourth-order valence-electron chi connectivity index (χ4n) is 1.44. The monoisotopic (exact) mass is 256 g/mol. The van der Waals surface area contributed by atoms with Crippen LogP contribution in [0.25, 0.3) is 11.4 Å². The molecule has 2 rings (SSSR count). The second-order valence-corrected chi connectivity index (χ2v) is 4.85. The SMILES string of the molecule is Cn1c(-c2ccccc2F)nnc1S(N)(=O)=O. The van der Waals surface area contributed by atoms with E-state index in [-0.39, 0.29) is 11.4 Å². The van der Waals surface area contributed by atoms with Crippen LogP contribution in [0.5, 0.6) is 0 Å². The smallest absolute Gasteiger partial charge is 0.273 e. The van der Waals surface area contributed by atoms with E-state index in [4.69, 9.17) is 5.14 Å². The van der Waals surface area contributed by atoms with E-state index in [1.165, 1.54) is 25.2 Å². The summed E-state index contributed by atoms with van der Waals surface area (Å²) in [6.07, 6.45) is 0. The summed E-state index contributed by atoms with van der Waals surface area (Å²) in [6.45, 7) is 0. The molecule has 0 spiro atoms. The standard InChI is InChI=1S/C9H9FN4O2S/c1-14-8(6-4-2-3-5-7(6)10)12-13-9(14)17(11,15)16/h2-5H,1H3,(H2,11,15,16). The molecule has 0 unspecified atom stereocenters. The number of hydrogen-bond donors (Lipinski definition) is 1. The van der Waals surface area contributed by atoms with Gasteiger partial charge in [-0.25, -0.2) is 17.9 Å². The van der Waals surface area contributed by atoms with Gasteiger partial charge in [-0.3, -0.25) is 4.57 Å². The van der Waals surface area contributed by atoms with E-state index in [2.05, 4.69) is 10.2 Å². The van der Waals surface area contributed by atoms with Gasteiger partial charge in [-0.2, -0.15) is 0 Å². The molecule has 17 heavy (non-hydrogen) atoms. The first kappa shape index (κ1) is 11.7. The zero-order chi connectivity index (χ0) is 12.6. The number of hydrogen-bond acceptors (Lipinski definition) is 4. The predicted octanol–water partition coefficient (Wildman–Crippen LogP) is 0.269. The lowest BCUT2D eigenvalue weighted by Gasteiger charge is -2.03. The maximum atomic E-state index is 13.5. The van der Waals surface area contributed by atoms with Crippen LogP contribution < -0.4 is 5.14 Å². The van der Waals surface area contributed by atoms with E-state index in [1.54, 1.807) is 6.07 Å². The minimum atomic E-state index is -3.97. The molecule has 0 fully saturated rings. The molecule has 0 radical (unpaired) electrons. The van der Waals surface area contributed by atoms with E-state index in [0.29, 0.717) is 0 Å². The molecule has 0 aliphatic rings. The summed E-state index contributed by atoms with van der Waals surface area (Å²) in [7, 11) is -2.56. The molecular formula is C9H9FN4O2S. The summed E-state index contributed by atoms with van der Waals surface area (Å²) in [4.78, 5) is 0. The number of nitrogens with two attached hydrogens (primary N) is 1. The van der Waals surface area contributed by atoms with Gasteiger partial charge in [-0.15, -0.1) is 10.2 Å². The normalized spacial score (nSPS) is 11.7. The fourth-order valence-corrected chi connectivity index (χ4v) is 2.06. The Labute approximate surface area is 96.9 Å². The van der Waals surface area contributed by atoms with Gasteiger partial charge in [0, 0.05) is 7.05 Å². The molecule has 0 amide bonds. The molecular weight excluding hydrogens is 247 g/mol. The number of rotatable bonds is 2. The van der Waals surface area contributed by atoms with Gasteiger partial charge in [0.1, 0.15) is 5.82 Å². The number of benzene rings is 1. The zero-order valence-electron chi connectivity index (χ0n) is 8.83. The Morgan fingerprint density at radius 1 is 1.29 bits per heavy atom. The van der Waals surface area contributed by atoms with Crippen molar-refractivity contribution in [3.8, 4) is 11.4 Å². The fraction of sp³-hybridized carbons (Fsp3) is 0.111. The number of aromatic nitrogens is 3. The molecule has 0 saturated heterocycles. The summed E-state index contributed by atoms with van der Waals surface area (Å²) in [5.74, 6) is -0.406. The third-order valence-corrected chi connectivity index (χ3v) is 3.07. The Bertz CT molecular complexity index is 665. The van der Waals surface area contributed by atoms with Crippen molar-refractivity contribution in [2.75, 3.05) is 0 Å². The zero-order valence-corrected chi connectivity index (χ0v) is 9.65. The van der Waals surface area contributed by atoms with Gasteiger partial charge in [0.2, 0.25) is 0 Å². The Balaban J connectivity index is 2.64. The summed E-state index contributed by atoms with van der Waals surface area (Å²) in [6, 6.07) is 5.87. The van der Waals surface area contributed by atoms with Gasteiger partial charge >= 0.3 is 0 Å². The molecule has 0 aliphatic carbocycles. The molecule has 2 N–H and O–H groups in total. The Morgan fingerprint density at radius 2 is 1.94 bits per heavy atom. The van der Waals surface area contributed by atoms with Crippen LogP contribution in [0.3, 0.4) is 0 Å². The van der Waals surface area contributed by atoms with Crippen LogP contribution in [0, 0.1) is 5.82 Å². The second-order valence-electron chi connectivity index (χ2n) is 3.39. The van der Waals surface area contributed by atoms with E-state index >= 15 is 0 Å². The average molecular weight is 256 g/mol. The molecule has 1 aromatic carbocycles. The summed E-state index contributed by atoms with van der Waals surface area (Å²) in [5.41, 5.74) is 0.164. The summed E-state index contributed by atoms with van der Waals surface area (Å²) < 4.78 is 36.9. The van der Waals surface area contributed by atoms with Crippen molar-refractivity contribution >= 4 is 10.0 Å². The van der Waals surface area contributed by atoms with Crippen molar-refractivity contribution in [1.29, 1.82) is 0 Å². The molecule has 0 saturated carbocycles. The lowest BCUT2D eigenvalue weighted by Crippen LogP contribution is -2.17. The van der Waals surface area contributed by atoms with Crippen LogP contribution in [0.4, 0.5) is 4.39 Å². The largest absolute Gasteiger partial charge is 0.300 e. The van der Waals surface area contributed by atoms with Crippen LogP contribution in [-0.2, 0) is 17.1 Å². The van der Waals surface area contributed by atoms with E-state index in [0.717, 1.165) is 4.57 Å². The van der Waals surface area contributed by atoms with Gasteiger partial charge in [0.25, 0.3) is 15.2 Å². The van der Waals surface area contributed by atoms with E-state index in [9.17, 15) is 12.8 Å². The molecule has 0 aliphatic heterocycles. The summed E-state index contributed by atoms with van der Waals surface area (Å²) >= 11 is 0. The highest BCUT2D eigenvalue weighted by atomic mass is 32.2. The van der Waals surface area contributed by atoms with Gasteiger partial charge in [0.15, 0.2) is 5.82 Å². The highest BCUT2D eigenvalue weighted by Crippen LogP contribution is 2.21. The van der Waals surface area contributed by atoms with Gasteiger partial charge in [-0.05, 0) is 12.1 Å². The first-order chi connectivity index (χ1) is 7.91. The summed E-state index contributed by atoms with van der Waals surface area (Å²) in [5, 5.41) is 11.6. The van der Waals surface area contributed by atoms with Crippen LogP contribution in [0.2, 0.25) is 0 Å². The van der Waals surface area contributed by atoms with E-state index in [1.807, 2.05) is 0 Å². The van der Waals surface area contributed by atoms with Crippen molar-refractivity contribution in [2.45, 2.75) is 5.16 Å². The first-order valence-corrected chi connectivity index (χ1v) is 6.13. The predicted molar refractivity (Wildman–Crippen MR) is 57.8 cm³/mol. The number of sulfonamides is 1. The molecule has 0 bridgehead atoms. The average Bonchev–Trinajstić information content (AvgIpc) is 2.60. The molecule has 0 atom stereocenters. The molecule has 1 aromatic heterocycles. The number of halogens is 1. The minimum Gasteiger partial charge on any atom is -0.300 e. The Kier molecular flexibility index (Phi) is 2.68. The Morgan fingerprint density at radius 3 is 2.47 bits per heavy atom. The quantitative estimate of drug-likeness (QED) is 0.834. The topological polar surface area (TPSA) is 90.9 Å².